The van der Waals surface area contributed by atoms with Crippen LogP contribution in [-0.2, 0) is 20.7 Å². The Hall–Kier alpha value is -3.11. The van der Waals surface area contributed by atoms with Gasteiger partial charge in [0.1, 0.15) is 29.7 Å². The Balaban J connectivity index is 0. The van der Waals surface area contributed by atoms with Crippen LogP contribution in [0.4, 0.5) is 0 Å². The van der Waals surface area contributed by atoms with Crippen LogP contribution >= 0.6 is 0 Å². The van der Waals surface area contributed by atoms with Gasteiger partial charge in [-0.3, -0.25) is 14.4 Å². The van der Waals surface area contributed by atoms with Gasteiger partial charge in [0.05, 0.1) is 18.6 Å². The van der Waals surface area contributed by atoms with Gasteiger partial charge in [0.15, 0.2) is 5.78 Å². The van der Waals surface area contributed by atoms with E-state index in [1.165, 1.54) is 13.0 Å². The average Bonchev–Trinajstić information content (AvgIpc) is 2.93. The minimum Gasteiger partial charge on any atom is -0.507 e. The molecule has 1 heterocycles. The molecule has 1 aromatic carbocycles. The zero-order valence-corrected chi connectivity index (χ0v) is 21.1. The van der Waals surface area contributed by atoms with Crippen molar-refractivity contribution in [1.29, 1.82) is 0 Å². The van der Waals surface area contributed by atoms with Crippen LogP contribution in [0.2, 0.25) is 0 Å². The number of carbonyl (C=O) groups is 3. The third-order valence-corrected chi connectivity index (χ3v) is 6.70. The molecule has 7 N–H and O–H groups in total. The number of ether oxygens (including phenoxy) is 1. The maximum Gasteiger partial charge on any atom is 0.167 e. The van der Waals surface area contributed by atoms with Crippen LogP contribution in [-0.4, -0.2) is 63.4 Å². The number of aliphatic hydroxyl groups is 2. The van der Waals surface area contributed by atoms with Crippen molar-refractivity contribution in [2.75, 3.05) is 19.8 Å². The van der Waals surface area contributed by atoms with E-state index in [9.17, 15) is 29.7 Å². The van der Waals surface area contributed by atoms with Crippen molar-refractivity contribution in [1.82, 2.24) is 0 Å². The second-order valence-corrected chi connectivity index (χ2v) is 9.30. The summed E-state index contributed by atoms with van der Waals surface area (Å²) in [5, 5.41) is 30.0. The Labute approximate surface area is 219 Å². The van der Waals surface area contributed by atoms with Crippen molar-refractivity contribution >= 4 is 23.1 Å². The molecule has 9 heteroatoms. The first-order valence-electron chi connectivity index (χ1n) is 12.1. The van der Waals surface area contributed by atoms with Crippen LogP contribution in [0.15, 0.2) is 42.5 Å². The minimum atomic E-state index is -0.773. The fourth-order valence-corrected chi connectivity index (χ4v) is 5.10. The molecule has 2 aliphatic rings. The summed E-state index contributed by atoms with van der Waals surface area (Å²) < 4.78 is 5.97. The highest BCUT2D eigenvalue weighted by molar-refractivity contribution is 6.02. The fourth-order valence-electron chi connectivity index (χ4n) is 5.10. The molecule has 0 amide bonds. The summed E-state index contributed by atoms with van der Waals surface area (Å²) in [4.78, 5) is 37.2. The number of aliphatic hydroxyl groups excluding tert-OH is 2. The first kappa shape index (κ1) is 31.9. The van der Waals surface area contributed by atoms with Crippen molar-refractivity contribution in [3.8, 4) is 5.75 Å². The standard InChI is InChI=1S/C28H34O7.2H2O.2H2/c1-18(31)13-25(33)23(17-30)20(10-11-29)14-19-15-22-21(8-9-24(32)28(22)26(34)16-19)27-7-5-3-2-4-6-12-35-27;;;;/h2-4,6-9,19-20,23,29-30,32H,5,10-17H2,1H3;2*1H2;2*1H/b3-2-,6-4-,27-7-;;;;. The lowest BCUT2D eigenvalue weighted by atomic mass is 9.72. The third kappa shape index (κ3) is 8.19. The molecule has 3 rings (SSSR count). The lowest BCUT2D eigenvalue weighted by molar-refractivity contribution is -0.131. The molecule has 0 fully saturated rings. The number of hydrogen-bond acceptors (Lipinski definition) is 7. The normalized spacial score (nSPS) is 21.5. The molecular weight excluding hydrogens is 480 g/mol. The molecule has 0 bridgehead atoms. The van der Waals surface area contributed by atoms with Crippen LogP contribution in [0, 0.1) is 17.8 Å². The number of carbonyl (C=O) groups excluding carboxylic acids is 3. The number of ketones is 3. The van der Waals surface area contributed by atoms with Gasteiger partial charge in [-0.05, 0) is 74.3 Å². The lowest BCUT2D eigenvalue weighted by Gasteiger charge is -2.32. The minimum absolute atomic E-state index is 0. The van der Waals surface area contributed by atoms with Crippen LogP contribution in [0.3, 0.4) is 0 Å². The quantitative estimate of drug-likeness (QED) is 0.394. The molecule has 3 unspecified atom stereocenters. The lowest BCUT2D eigenvalue weighted by Crippen LogP contribution is -2.32. The second kappa shape index (κ2) is 15.2. The summed E-state index contributed by atoms with van der Waals surface area (Å²) in [6, 6.07) is 3.28. The summed E-state index contributed by atoms with van der Waals surface area (Å²) >= 11 is 0. The Kier molecular flexibility index (Phi) is 13.1. The van der Waals surface area contributed by atoms with Gasteiger partial charge in [0.2, 0.25) is 0 Å². The third-order valence-electron chi connectivity index (χ3n) is 6.70. The largest absolute Gasteiger partial charge is 0.507 e. The molecule has 1 aliphatic carbocycles. The van der Waals surface area contributed by atoms with Crippen LogP contribution in [0.25, 0.3) is 5.76 Å². The van der Waals surface area contributed by atoms with Gasteiger partial charge in [-0.2, -0.15) is 0 Å². The molecule has 37 heavy (non-hydrogen) atoms. The van der Waals surface area contributed by atoms with E-state index in [1.54, 1.807) is 6.07 Å². The van der Waals surface area contributed by atoms with Gasteiger partial charge < -0.3 is 31.0 Å². The number of benzene rings is 1. The smallest absolute Gasteiger partial charge is 0.167 e. The van der Waals surface area contributed by atoms with Gasteiger partial charge in [-0.25, -0.2) is 0 Å². The van der Waals surface area contributed by atoms with Crippen LogP contribution in [0.1, 0.15) is 63.4 Å². The monoisotopic (exact) mass is 522 g/mol. The Bertz CT molecular complexity index is 1050. The van der Waals surface area contributed by atoms with Gasteiger partial charge in [0.25, 0.3) is 0 Å². The highest BCUT2D eigenvalue weighted by Crippen LogP contribution is 2.40. The van der Waals surface area contributed by atoms with E-state index in [0.29, 0.717) is 42.8 Å². The summed E-state index contributed by atoms with van der Waals surface area (Å²) in [6.45, 7) is 1.12. The van der Waals surface area contributed by atoms with E-state index in [-0.39, 0.29) is 74.6 Å². The number of fused-ring (bicyclic) bond motifs is 1. The molecular formula is C28H42O9. The molecule has 0 spiro atoms. The van der Waals surface area contributed by atoms with Crippen molar-refractivity contribution in [2.24, 2.45) is 17.8 Å². The number of allylic oxidation sites excluding steroid dienone is 4. The molecule has 0 saturated heterocycles. The maximum absolute atomic E-state index is 13.1. The summed E-state index contributed by atoms with van der Waals surface area (Å²) in [5.74, 6) is -1.51. The average molecular weight is 523 g/mol. The maximum atomic E-state index is 13.1. The van der Waals surface area contributed by atoms with Crippen molar-refractivity contribution in [3.05, 3.63) is 59.2 Å². The molecule has 9 nitrogen and oxygen atoms in total. The van der Waals surface area contributed by atoms with E-state index < -0.39 is 12.5 Å². The summed E-state index contributed by atoms with van der Waals surface area (Å²) in [6.07, 6.45) is 11.5. The predicted molar refractivity (Wildman–Crippen MR) is 143 cm³/mol. The fraction of sp³-hybridized carbons (Fsp3) is 0.464. The van der Waals surface area contributed by atoms with Crippen molar-refractivity contribution < 1.29 is 48.2 Å². The molecule has 0 saturated carbocycles. The van der Waals surface area contributed by atoms with Crippen molar-refractivity contribution in [3.63, 3.8) is 0 Å². The number of Topliss-reactive ketones (excluding diaryl/α,β-unsaturated/α-hetero) is 3. The number of hydrogen-bond donors (Lipinski definition) is 3. The molecule has 1 aromatic rings. The van der Waals surface area contributed by atoms with E-state index >= 15 is 0 Å². The number of aromatic hydroxyl groups is 1. The van der Waals surface area contributed by atoms with E-state index in [0.717, 1.165) is 5.56 Å². The molecule has 208 valence electrons. The molecule has 0 radical (unpaired) electrons. The van der Waals surface area contributed by atoms with Crippen LogP contribution in [0.5, 0.6) is 5.75 Å². The van der Waals surface area contributed by atoms with E-state index in [4.69, 9.17) is 4.74 Å². The molecule has 0 aromatic heterocycles. The highest BCUT2D eigenvalue weighted by atomic mass is 16.5. The molecule has 1 aliphatic heterocycles. The van der Waals surface area contributed by atoms with Gasteiger partial charge in [-0.1, -0.05) is 18.2 Å². The molecule has 3 atom stereocenters. The topological polar surface area (TPSA) is 184 Å². The van der Waals surface area contributed by atoms with Gasteiger partial charge in [0, 0.05) is 27.4 Å². The Morgan fingerprint density at radius 2 is 1.86 bits per heavy atom. The summed E-state index contributed by atoms with van der Waals surface area (Å²) in [5.41, 5.74) is 1.77. The van der Waals surface area contributed by atoms with Gasteiger partial charge in [-0.15, -0.1) is 0 Å². The SMILES string of the molecule is CC(=O)CC(=O)C(CO)C(CCO)CC1CC(=O)c2c(O)ccc(/C3=C/C/C=C\C=C/CO3)c2C1.O.O.[HH].[HH]. The Morgan fingerprint density at radius 1 is 1.14 bits per heavy atom. The van der Waals surface area contributed by atoms with Crippen molar-refractivity contribution in [2.45, 2.75) is 45.4 Å². The number of phenols is 1. The van der Waals surface area contributed by atoms with Gasteiger partial charge >= 0.3 is 0 Å². The zero-order valence-electron chi connectivity index (χ0n) is 21.1. The zero-order chi connectivity index (χ0) is 25.4. The predicted octanol–water partition coefficient (Wildman–Crippen LogP) is 2.40. The van der Waals surface area contributed by atoms with Crippen LogP contribution < -0.4 is 0 Å². The van der Waals surface area contributed by atoms with E-state index in [1.807, 2.05) is 30.4 Å². The Morgan fingerprint density at radius 3 is 2.54 bits per heavy atom. The first-order chi connectivity index (χ1) is 16.8. The number of phenolic OH excluding ortho intramolecular Hbond substituents is 1. The number of rotatable bonds is 10. The first-order valence-corrected chi connectivity index (χ1v) is 12.1. The highest BCUT2D eigenvalue weighted by Gasteiger charge is 2.35. The van der Waals surface area contributed by atoms with E-state index in [2.05, 4.69) is 0 Å². The summed E-state index contributed by atoms with van der Waals surface area (Å²) in [7, 11) is 0. The second-order valence-electron chi connectivity index (χ2n) is 9.30.